The molecule has 0 saturated heterocycles. The first-order valence-electron chi connectivity index (χ1n) is 5.82. The van der Waals surface area contributed by atoms with E-state index in [0.717, 1.165) is 17.7 Å². The summed E-state index contributed by atoms with van der Waals surface area (Å²) in [5.74, 6) is 0.873. The number of benzene rings is 1. The van der Waals surface area contributed by atoms with Gasteiger partial charge in [0.25, 0.3) is 0 Å². The minimum absolute atomic E-state index is 0.00171. The lowest BCUT2D eigenvalue weighted by molar-refractivity contribution is 0.169. The SMILES string of the molecule is N#CC1=C(N)C2Cc3ccccc3OC2C=C1N. The highest BCUT2D eigenvalue weighted by atomic mass is 16.5. The van der Waals surface area contributed by atoms with Gasteiger partial charge in [0, 0.05) is 11.6 Å². The molecule has 0 radical (unpaired) electrons. The highest BCUT2D eigenvalue weighted by Gasteiger charge is 2.35. The van der Waals surface area contributed by atoms with Gasteiger partial charge in [-0.1, -0.05) is 18.2 Å². The number of rotatable bonds is 0. The van der Waals surface area contributed by atoms with E-state index in [0.29, 0.717) is 17.0 Å². The molecule has 1 heterocycles. The summed E-state index contributed by atoms with van der Waals surface area (Å²) in [6, 6.07) is 9.94. The van der Waals surface area contributed by atoms with Gasteiger partial charge in [-0.3, -0.25) is 0 Å². The molecule has 1 aromatic carbocycles. The van der Waals surface area contributed by atoms with Crippen molar-refractivity contribution >= 4 is 0 Å². The molecule has 1 aromatic rings. The predicted octanol–water partition coefficient (Wildman–Crippen LogP) is 1.20. The number of para-hydroxylation sites is 1. The van der Waals surface area contributed by atoms with Crippen molar-refractivity contribution in [2.75, 3.05) is 0 Å². The molecule has 0 amide bonds. The molecule has 0 fully saturated rings. The van der Waals surface area contributed by atoms with Gasteiger partial charge in [-0.25, -0.2) is 0 Å². The van der Waals surface area contributed by atoms with Crippen molar-refractivity contribution in [2.45, 2.75) is 12.5 Å². The smallest absolute Gasteiger partial charge is 0.128 e. The van der Waals surface area contributed by atoms with E-state index in [1.807, 2.05) is 24.3 Å². The lowest BCUT2D eigenvalue weighted by Crippen LogP contribution is -2.39. The summed E-state index contributed by atoms with van der Waals surface area (Å²) in [7, 11) is 0. The van der Waals surface area contributed by atoms with Crippen LogP contribution in [0.15, 0.2) is 47.3 Å². The average molecular weight is 239 g/mol. The molecule has 4 nitrogen and oxygen atoms in total. The van der Waals surface area contributed by atoms with Crippen LogP contribution in [0, 0.1) is 17.2 Å². The molecule has 18 heavy (non-hydrogen) atoms. The minimum Gasteiger partial charge on any atom is -0.485 e. The Morgan fingerprint density at radius 3 is 2.83 bits per heavy atom. The summed E-state index contributed by atoms with van der Waals surface area (Å²) in [4.78, 5) is 0. The molecule has 4 heteroatoms. The minimum atomic E-state index is -0.169. The van der Waals surface area contributed by atoms with Gasteiger partial charge in [-0.2, -0.15) is 5.26 Å². The highest BCUT2D eigenvalue weighted by molar-refractivity contribution is 5.50. The van der Waals surface area contributed by atoms with E-state index in [9.17, 15) is 0 Å². The van der Waals surface area contributed by atoms with Gasteiger partial charge < -0.3 is 16.2 Å². The molecule has 90 valence electrons. The first kappa shape index (κ1) is 10.7. The van der Waals surface area contributed by atoms with Crippen molar-refractivity contribution in [3.05, 3.63) is 52.9 Å². The van der Waals surface area contributed by atoms with Crippen LogP contribution in [0.3, 0.4) is 0 Å². The molecular formula is C14H13N3O. The highest BCUT2D eigenvalue weighted by Crippen LogP contribution is 2.37. The van der Waals surface area contributed by atoms with Crippen LogP contribution in [0.25, 0.3) is 0 Å². The fraction of sp³-hybridized carbons (Fsp3) is 0.214. The molecule has 2 atom stereocenters. The maximum absolute atomic E-state index is 9.07. The second-order valence-corrected chi connectivity index (χ2v) is 4.56. The molecular weight excluding hydrogens is 226 g/mol. The molecule has 4 N–H and O–H groups in total. The van der Waals surface area contributed by atoms with Gasteiger partial charge in [0.2, 0.25) is 0 Å². The van der Waals surface area contributed by atoms with E-state index in [2.05, 4.69) is 6.07 Å². The number of hydrogen-bond acceptors (Lipinski definition) is 4. The van der Waals surface area contributed by atoms with Crippen LogP contribution in [0.1, 0.15) is 5.56 Å². The largest absolute Gasteiger partial charge is 0.485 e. The third-order valence-electron chi connectivity index (χ3n) is 3.50. The Morgan fingerprint density at radius 1 is 1.28 bits per heavy atom. The van der Waals surface area contributed by atoms with Crippen molar-refractivity contribution in [2.24, 2.45) is 17.4 Å². The van der Waals surface area contributed by atoms with Crippen LogP contribution < -0.4 is 16.2 Å². The van der Waals surface area contributed by atoms with Gasteiger partial charge >= 0.3 is 0 Å². The zero-order chi connectivity index (χ0) is 12.7. The molecule has 0 aromatic heterocycles. The summed E-state index contributed by atoms with van der Waals surface area (Å²) < 4.78 is 5.89. The number of nitrogens with two attached hydrogens (primary N) is 2. The molecule has 2 unspecified atom stereocenters. The fourth-order valence-corrected chi connectivity index (χ4v) is 2.55. The Labute approximate surface area is 105 Å². The van der Waals surface area contributed by atoms with Gasteiger partial charge in [-0.05, 0) is 24.1 Å². The Kier molecular flexibility index (Phi) is 2.27. The van der Waals surface area contributed by atoms with E-state index in [-0.39, 0.29) is 12.0 Å². The lowest BCUT2D eigenvalue weighted by Gasteiger charge is -2.35. The van der Waals surface area contributed by atoms with Crippen molar-refractivity contribution in [3.8, 4) is 11.8 Å². The number of fused-ring (bicyclic) bond motifs is 2. The summed E-state index contributed by atoms with van der Waals surface area (Å²) in [6.45, 7) is 0. The molecule has 0 bridgehead atoms. The van der Waals surface area contributed by atoms with Crippen molar-refractivity contribution in [1.82, 2.24) is 0 Å². The van der Waals surface area contributed by atoms with Crippen LogP contribution in [0.2, 0.25) is 0 Å². The summed E-state index contributed by atoms with van der Waals surface area (Å²) in [5, 5.41) is 9.07. The van der Waals surface area contributed by atoms with Crippen LogP contribution >= 0.6 is 0 Å². The predicted molar refractivity (Wildman–Crippen MR) is 67.1 cm³/mol. The summed E-state index contributed by atoms with van der Waals surface area (Å²) >= 11 is 0. The number of allylic oxidation sites excluding steroid dienone is 1. The lowest BCUT2D eigenvalue weighted by atomic mass is 9.82. The van der Waals surface area contributed by atoms with E-state index in [4.69, 9.17) is 21.5 Å². The first-order valence-corrected chi connectivity index (χ1v) is 5.82. The van der Waals surface area contributed by atoms with Gasteiger partial charge in [0.05, 0.1) is 11.3 Å². The van der Waals surface area contributed by atoms with E-state index < -0.39 is 0 Å². The Balaban J connectivity index is 2.06. The third-order valence-corrected chi connectivity index (χ3v) is 3.50. The molecule has 2 aliphatic rings. The second-order valence-electron chi connectivity index (χ2n) is 4.56. The van der Waals surface area contributed by atoms with Gasteiger partial charge in [0.15, 0.2) is 0 Å². The number of hydrogen-bond donors (Lipinski definition) is 2. The normalized spacial score (nSPS) is 25.4. The number of ether oxygens (including phenoxy) is 1. The standard InChI is InChI=1S/C14H13N3O/c15-7-10-11(16)6-13-9(14(10)17)5-8-3-1-2-4-12(8)18-13/h1-4,6,9,13H,5,16-17H2. The summed E-state index contributed by atoms with van der Waals surface area (Å²) in [6.07, 6.45) is 2.40. The molecule has 3 rings (SSSR count). The number of nitrogens with zero attached hydrogens (tertiary/aromatic N) is 1. The average Bonchev–Trinajstić information content (AvgIpc) is 2.37. The van der Waals surface area contributed by atoms with Crippen LogP contribution in [0.4, 0.5) is 0 Å². The first-order chi connectivity index (χ1) is 8.70. The Morgan fingerprint density at radius 2 is 2.06 bits per heavy atom. The topological polar surface area (TPSA) is 85.1 Å². The van der Waals surface area contributed by atoms with Crippen LogP contribution in [0.5, 0.6) is 5.75 Å². The zero-order valence-corrected chi connectivity index (χ0v) is 9.76. The molecule has 0 spiro atoms. The fourth-order valence-electron chi connectivity index (χ4n) is 2.55. The van der Waals surface area contributed by atoms with Crippen molar-refractivity contribution in [3.63, 3.8) is 0 Å². The van der Waals surface area contributed by atoms with Crippen LogP contribution in [-0.4, -0.2) is 6.10 Å². The Bertz CT molecular complexity index is 610. The van der Waals surface area contributed by atoms with Crippen LogP contribution in [-0.2, 0) is 6.42 Å². The molecule has 1 aliphatic heterocycles. The maximum atomic E-state index is 9.07. The monoisotopic (exact) mass is 239 g/mol. The third kappa shape index (κ3) is 1.45. The quantitative estimate of drug-likeness (QED) is 0.712. The maximum Gasteiger partial charge on any atom is 0.128 e. The molecule has 1 aliphatic carbocycles. The van der Waals surface area contributed by atoms with E-state index in [1.165, 1.54) is 0 Å². The second kappa shape index (κ2) is 3.81. The van der Waals surface area contributed by atoms with Gasteiger partial charge in [0.1, 0.15) is 17.9 Å². The zero-order valence-electron chi connectivity index (χ0n) is 9.76. The summed E-state index contributed by atoms with van der Waals surface area (Å²) in [5.41, 5.74) is 14.3. The molecule has 0 saturated carbocycles. The Hall–Kier alpha value is -2.41. The van der Waals surface area contributed by atoms with Crippen molar-refractivity contribution < 1.29 is 4.74 Å². The number of nitriles is 1. The van der Waals surface area contributed by atoms with Gasteiger partial charge in [-0.15, -0.1) is 0 Å². The van der Waals surface area contributed by atoms with Crippen molar-refractivity contribution in [1.29, 1.82) is 5.26 Å². The van der Waals surface area contributed by atoms with E-state index in [1.54, 1.807) is 6.08 Å². The van der Waals surface area contributed by atoms with E-state index >= 15 is 0 Å².